The van der Waals surface area contributed by atoms with Gasteiger partial charge in [0, 0.05) is 0 Å². The molecule has 0 radical (unpaired) electrons. The topological polar surface area (TPSA) is 65.2 Å². The van der Waals surface area contributed by atoms with Gasteiger partial charge < -0.3 is 10.5 Å². The first-order valence-corrected chi connectivity index (χ1v) is 5.43. The van der Waals surface area contributed by atoms with Gasteiger partial charge in [-0.3, -0.25) is 0 Å². The summed E-state index contributed by atoms with van der Waals surface area (Å²) in [6, 6.07) is 1.66. The molecule has 1 aromatic rings. The summed E-state index contributed by atoms with van der Waals surface area (Å²) in [6.45, 7) is 2.04. The van der Waals surface area contributed by atoms with E-state index in [0.717, 1.165) is 0 Å². The summed E-state index contributed by atoms with van der Waals surface area (Å²) in [5, 5.41) is 0. The zero-order valence-electron chi connectivity index (χ0n) is 7.38. The van der Waals surface area contributed by atoms with Gasteiger partial charge in [0.2, 0.25) is 0 Å². The zero-order chi connectivity index (χ0) is 10.7. The molecular formula is C8H8Br2N2O2. The Morgan fingerprint density at radius 1 is 1.57 bits per heavy atom. The lowest BCUT2D eigenvalue weighted by molar-refractivity contribution is 0.0518. The van der Waals surface area contributed by atoms with Crippen molar-refractivity contribution in [2.24, 2.45) is 0 Å². The third-order valence-corrected chi connectivity index (χ3v) is 2.67. The van der Waals surface area contributed by atoms with Crippen LogP contribution in [0.25, 0.3) is 0 Å². The van der Waals surface area contributed by atoms with Crippen LogP contribution in [0.3, 0.4) is 0 Å². The molecule has 6 heteroatoms. The fourth-order valence-corrected chi connectivity index (χ4v) is 1.93. The fourth-order valence-electron chi connectivity index (χ4n) is 0.823. The molecule has 0 bridgehead atoms. The second kappa shape index (κ2) is 4.75. The Balaban J connectivity index is 3.09. The summed E-state index contributed by atoms with van der Waals surface area (Å²) in [6.07, 6.45) is 0. The number of pyridine rings is 1. The lowest BCUT2D eigenvalue weighted by Gasteiger charge is -2.05. The standard InChI is InChI=1S/C8H8Br2N2O2/c1-2-14-8(13)6-4(9)3-5(10)7(11)12-6/h3H,2H2,1H3,(H2,11,12). The van der Waals surface area contributed by atoms with Gasteiger partial charge in [-0.05, 0) is 44.8 Å². The van der Waals surface area contributed by atoms with Crippen LogP contribution in [0.4, 0.5) is 5.82 Å². The van der Waals surface area contributed by atoms with Crippen molar-refractivity contribution in [3.05, 3.63) is 20.7 Å². The van der Waals surface area contributed by atoms with Crippen molar-refractivity contribution >= 4 is 43.6 Å². The maximum Gasteiger partial charge on any atom is 0.358 e. The molecule has 0 saturated heterocycles. The zero-order valence-corrected chi connectivity index (χ0v) is 10.6. The van der Waals surface area contributed by atoms with Crippen LogP contribution in [0.2, 0.25) is 0 Å². The van der Waals surface area contributed by atoms with Crippen LogP contribution in [0, 0.1) is 0 Å². The first kappa shape index (κ1) is 11.5. The maximum atomic E-state index is 11.3. The minimum Gasteiger partial charge on any atom is -0.461 e. The summed E-state index contributed by atoms with van der Waals surface area (Å²) >= 11 is 6.40. The van der Waals surface area contributed by atoms with Crippen molar-refractivity contribution in [2.75, 3.05) is 12.3 Å². The smallest absolute Gasteiger partial charge is 0.358 e. The molecule has 14 heavy (non-hydrogen) atoms. The number of hydrogen-bond donors (Lipinski definition) is 1. The van der Waals surface area contributed by atoms with Gasteiger partial charge in [0.1, 0.15) is 5.82 Å². The first-order chi connectivity index (χ1) is 6.56. The van der Waals surface area contributed by atoms with Crippen molar-refractivity contribution in [3.63, 3.8) is 0 Å². The highest BCUT2D eigenvalue weighted by Gasteiger charge is 2.14. The number of anilines is 1. The second-order valence-corrected chi connectivity index (χ2v) is 4.12. The molecule has 4 nitrogen and oxygen atoms in total. The molecule has 0 spiro atoms. The largest absolute Gasteiger partial charge is 0.461 e. The minimum absolute atomic E-state index is 0.188. The molecular weight excluding hydrogens is 316 g/mol. The van der Waals surface area contributed by atoms with E-state index < -0.39 is 5.97 Å². The number of nitrogens with zero attached hydrogens (tertiary/aromatic N) is 1. The first-order valence-electron chi connectivity index (χ1n) is 3.85. The molecule has 0 unspecified atom stereocenters. The van der Waals surface area contributed by atoms with Crippen molar-refractivity contribution in [1.29, 1.82) is 0 Å². The van der Waals surface area contributed by atoms with E-state index in [2.05, 4.69) is 36.8 Å². The average Bonchev–Trinajstić information content (AvgIpc) is 2.11. The van der Waals surface area contributed by atoms with E-state index >= 15 is 0 Å². The molecule has 0 fully saturated rings. The van der Waals surface area contributed by atoms with E-state index in [4.69, 9.17) is 10.5 Å². The van der Waals surface area contributed by atoms with E-state index in [0.29, 0.717) is 15.6 Å². The molecule has 0 aliphatic heterocycles. The van der Waals surface area contributed by atoms with E-state index in [1.54, 1.807) is 13.0 Å². The van der Waals surface area contributed by atoms with Crippen molar-refractivity contribution < 1.29 is 9.53 Å². The summed E-state index contributed by atoms with van der Waals surface area (Å²) < 4.78 is 5.99. The van der Waals surface area contributed by atoms with Crippen LogP contribution in [0.15, 0.2) is 15.0 Å². The number of esters is 1. The van der Waals surface area contributed by atoms with Gasteiger partial charge in [0.05, 0.1) is 15.6 Å². The van der Waals surface area contributed by atoms with Gasteiger partial charge in [-0.2, -0.15) is 0 Å². The Bertz CT molecular complexity index is 369. The van der Waals surface area contributed by atoms with Gasteiger partial charge >= 0.3 is 5.97 Å². The van der Waals surface area contributed by atoms with Crippen LogP contribution >= 0.6 is 31.9 Å². The third kappa shape index (κ3) is 2.45. The molecule has 0 aliphatic carbocycles. The van der Waals surface area contributed by atoms with Crippen LogP contribution in [-0.2, 0) is 4.74 Å². The van der Waals surface area contributed by atoms with Crippen LogP contribution in [-0.4, -0.2) is 17.6 Å². The van der Waals surface area contributed by atoms with Gasteiger partial charge in [-0.15, -0.1) is 0 Å². The molecule has 1 heterocycles. The molecule has 0 saturated carbocycles. The second-order valence-electron chi connectivity index (χ2n) is 2.41. The third-order valence-electron chi connectivity index (χ3n) is 1.43. The molecule has 0 amide bonds. The Morgan fingerprint density at radius 3 is 2.79 bits per heavy atom. The number of rotatable bonds is 2. The Labute approximate surface area is 98.1 Å². The number of carbonyl (C=O) groups is 1. The van der Waals surface area contributed by atoms with Crippen molar-refractivity contribution in [1.82, 2.24) is 4.98 Å². The van der Waals surface area contributed by atoms with Crippen molar-refractivity contribution in [3.8, 4) is 0 Å². The molecule has 0 aliphatic rings. The lowest BCUT2D eigenvalue weighted by atomic mass is 10.3. The quantitative estimate of drug-likeness (QED) is 0.849. The number of nitrogens with two attached hydrogens (primary N) is 1. The monoisotopic (exact) mass is 322 g/mol. The molecule has 1 rings (SSSR count). The van der Waals surface area contributed by atoms with Gasteiger partial charge in [-0.1, -0.05) is 0 Å². The lowest BCUT2D eigenvalue weighted by Crippen LogP contribution is -2.09. The predicted molar refractivity (Wildman–Crippen MR) is 60.0 cm³/mol. The molecule has 0 atom stereocenters. The van der Waals surface area contributed by atoms with E-state index in [1.165, 1.54) is 0 Å². The molecule has 76 valence electrons. The van der Waals surface area contributed by atoms with E-state index in [-0.39, 0.29) is 11.5 Å². The van der Waals surface area contributed by atoms with Crippen LogP contribution < -0.4 is 5.73 Å². The molecule has 0 aromatic carbocycles. The molecule has 1 aromatic heterocycles. The van der Waals surface area contributed by atoms with E-state index in [9.17, 15) is 4.79 Å². The number of carbonyl (C=O) groups excluding carboxylic acids is 1. The number of ether oxygens (including phenoxy) is 1. The minimum atomic E-state index is -0.487. The normalized spacial score (nSPS) is 9.93. The fraction of sp³-hybridized carbons (Fsp3) is 0.250. The number of halogens is 2. The summed E-state index contributed by atoms with van der Waals surface area (Å²) in [4.78, 5) is 15.2. The SMILES string of the molecule is CCOC(=O)c1nc(N)c(Br)cc1Br. The van der Waals surface area contributed by atoms with Gasteiger partial charge in [0.15, 0.2) is 5.69 Å². The van der Waals surface area contributed by atoms with Crippen LogP contribution in [0.1, 0.15) is 17.4 Å². The number of nitrogen functional groups attached to an aromatic ring is 1. The van der Waals surface area contributed by atoms with E-state index in [1.807, 2.05) is 0 Å². The highest BCUT2D eigenvalue weighted by Crippen LogP contribution is 2.25. The summed E-state index contributed by atoms with van der Waals surface area (Å²) in [5.41, 5.74) is 5.72. The molecule has 2 N–H and O–H groups in total. The highest BCUT2D eigenvalue weighted by atomic mass is 79.9. The number of aromatic nitrogens is 1. The van der Waals surface area contributed by atoms with Gasteiger partial charge in [0.25, 0.3) is 0 Å². The summed E-state index contributed by atoms with van der Waals surface area (Å²) in [5.74, 6) is -0.227. The maximum absolute atomic E-state index is 11.3. The predicted octanol–water partition coefficient (Wildman–Crippen LogP) is 2.37. The average molecular weight is 324 g/mol. The number of hydrogen-bond acceptors (Lipinski definition) is 4. The van der Waals surface area contributed by atoms with Gasteiger partial charge in [-0.25, -0.2) is 9.78 Å². The Morgan fingerprint density at radius 2 is 2.21 bits per heavy atom. The van der Waals surface area contributed by atoms with Crippen LogP contribution in [0.5, 0.6) is 0 Å². The highest BCUT2D eigenvalue weighted by molar-refractivity contribution is 9.11. The Kier molecular flexibility index (Phi) is 3.88. The Hall–Kier alpha value is -0.620. The van der Waals surface area contributed by atoms with Crippen molar-refractivity contribution in [2.45, 2.75) is 6.92 Å². The summed E-state index contributed by atoms with van der Waals surface area (Å²) in [7, 11) is 0.